The van der Waals surface area contributed by atoms with Crippen LogP contribution in [0.5, 0.6) is 0 Å². The second-order valence-corrected chi connectivity index (χ2v) is 11.8. The van der Waals surface area contributed by atoms with Crippen molar-refractivity contribution < 1.29 is 14.4 Å². The molecule has 0 bridgehead atoms. The monoisotopic (exact) mass is 631 g/mol. The molecule has 8 heteroatoms. The van der Waals surface area contributed by atoms with E-state index in [0.717, 1.165) is 21.6 Å². The molecule has 0 heterocycles. The van der Waals surface area contributed by atoms with Crippen LogP contribution >= 0.6 is 23.4 Å². The van der Waals surface area contributed by atoms with Crippen LogP contribution in [0, 0.1) is 6.92 Å². The van der Waals surface area contributed by atoms with E-state index < -0.39 is 11.2 Å². The fraction of sp³-hybridized carbons (Fsp3) is 0.0541. The number of carbonyl (C=O) groups is 3. The molecule has 0 spiro atoms. The van der Waals surface area contributed by atoms with E-state index >= 15 is 0 Å². The normalized spacial score (nSPS) is 11.7. The first-order valence-corrected chi connectivity index (χ1v) is 15.4. The zero-order valence-electron chi connectivity index (χ0n) is 24.4. The van der Waals surface area contributed by atoms with Gasteiger partial charge in [0.05, 0.1) is 0 Å². The summed E-state index contributed by atoms with van der Waals surface area (Å²) in [6.45, 7) is 1.98. The molecule has 3 N–H and O–H groups in total. The molecule has 45 heavy (non-hydrogen) atoms. The number of hydrogen-bond donors (Lipinski definition) is 3. The Balaban J connectivity index is 1.32. The van der Waals surface area contributed by atoms with Crippen LogP contribution in [0.25, 0.3) is 6.08 Å². The summed E-state index contributed by atoms with van der Waals surface area (Å²) in [7, 11) is 0. The molecule has 5 aromatic rings. The van der Waals surface area contributed by atoms with Gasteiger partial charge in [0.15, 0.2) is 0 Å². The minimum atomic E-state index is -0.528. The third kappa shape index (κ3) is 8.95. The van der Waals surface area contributed by atoms with Crippen LogP contribution in [0.15, 0.2) is 144 Å². The molecule has 224 valence electrons. The summed E-state index contributed by atoms with van der Waals surface area (Å²) in [4.78, 5) is 40.6. The van der Waals surface area contributed by atoms with E-state index in [9.17, 15) is 14.4 Å². The maximum atomic E-state index is 13.4. The molecular weight excluding hydrogens is 602 g/mol. The lowest BCUT2D eigenvalue weighted by Crippen LogP contribution is -2.30. The van der Waals surface area contributed by atoms with Crippen LogP contribution < -0.4 is 16.0 Å². The minimum absolute atomic E-state index is 0.106. The summed E-state index contributed by atoms with van der Waals surface area (Å²) in [5.41, 5.74) is 4.44. The molecule has 0 aromatic heterocycles. The lowest BCUT2D eigenvalue weighted by molar-refractivity contribution is -0.116. The number of benzene rings is 5. The number of amides is 3. The number of hydrogen-bond acceptors (Lipinski definition) is 4. The van der Waals surface area contributed by atoms with Crippen molar-refractivity contribution in [1.82, 2.24) is 5.32 Å². The lowest BCUT2D eigenvalue weighted by atomic mass is 10.1. The maximum Gasteiger partial charge on any atom is 0.272 e. The molecule has 0 fully saturated rings. The standard InChI is InChI=1S/C37H30ClN3O3S/c1-25-12-14-26(15-13-25)24-33(41-35(42)28-10-6-3-7-11-28)36(43)39-31-20-22-32(23-21-31)45-34(27-8-4-2-5-9-27)37(44)40-30-18-16-29(38)17-19-30/h2-24,34H,1H3,(H,39,43)(H,40,44)(H,41,42)/b33-24-. The van der Waals surface area contributed by atoms with Crippen molar-refractivity contribution in [3.05, 3.63) is 166 Å². The maximum absolute atomic E-state index is 13.4. The Morgan fingerprint density at radius 1 is 0.689 bits per heavy atom. The zero-order chi connectivity index (χ0) is 31.6. The van der Waals surface area contributed by atoms with E-state index in [2.05, 4.69) is 16.0 Å². The van der Waals surface area contributed by atoms with Crippen LogP contribution in [-0.4, -0.2) is 17.7 Å². The third-order valence-corrected chi connectivity index (χ3v) is 8.25. The highest BCUT2D eigenvalue weighted by Gasteiger charge is 2.22. The van der Waals surface area contributed by atoms with Gasteiger partial charge in [0.2, 0.25) is 5.91 Å². The Morgan fingerprint density at radius 3 is 1.91 bits per heavy atom. The summed E-state index contributed by atoms with van der Waals surface area (Å²) in [5.74, 6) is -1.03. The van der Waals surface area contributed by atoms with Crippen molar-refractivity contribution >= 4 is 58.5 Å². The SMILES string of the molecule is Cc1ccc(/C=C(\NC(=O)c2ccccc2)C(=O)Nc2ccc(SC(C(=O)Nc3ccc(Cl)cc3)c3ccccc3)cc2)cc1. The van der Waals surface area contributed by atoms with Gasteiger partial charge in [0.25, 0.3) is 11.8 Å². The number of carbonyl (C=O) groups excluding carboxylic acids is 3. The molecule has 0 aliphatic rings. The average molecular weight is 632 g/mol. The number of thioether (sulfide) groups is 1. The van der Waals surface area contributed by atoms with Gasteiger partial charge >= 0.3 is 0 Å². The summed E-state index contributed by atoms with van der Waals surface area (Å²) in [5, 5.41) is 8.68. The van der Waals surface area contributed by atoms with E-state index in [-0.39, 0.29) is 17.5 Å². The van der Waals surface area contributed by atoms with Crippen LogP contribution in [0.1, 0.15) is 32.3 Å². The Labute approximate surface area is 271 Å². The van der Waals surface area contributed by atoms with Crippen LogP contribution in [0.4, 0.5) is 11.4 Å². The predicted molar refractivity (Wildman–Crippen MR) is 183 cm³/mol. The Bertz CT molecular complexity index is 1790. The number of nitrogens with one attached hydrogen (secondary N) is 3. The van der Waals surface area contributed by atoms with Crippen molar-refractivity contribution in [3.8, 4) is 0 Å². The van der Waals surface area contributed by atoms with Gasteiger partial charge in [0, 0.05) is 26.9 Å². The van der Waals surface area contributed by atoms with Gasteiger partial charge in [-0.15, -0.1) is 11.8 Å². The molecule has 1 atom stereocenters. The van der Waals surface area contributed by atoms with Gasteiger partial charge in [0.1, 0.15) is 10.9 Å². The highest BCUT2D eigenvalue weighted by atomic mass is 35.5. The Kier molecular flexibility index (Phi) is 10.5. The average Bonchev–Trinajstić information content (AvgIpc) is 3.06. The van der Waals surface area contributed by atoms with Crippen LogP contribution in [0.2, 0.25) is 5.02 Å². The number of rotatable bonds is 10. The van der Waals surface area contributed by atoms with Crippen LogP contribution in [0.3, 0.4) is 0 Å². The quantitative estimate of drug-likeness (QED) is 0.106. The Morgan fingerprint density at radius 2 is 1.27 bits per heavy atom. The molecule has 0 radical (unpaired) electrons. The van der Waals surface area contributed by atoms with E-state index in [1.807, 2.05) is 79.7 Å². The molecule has 5 rings (SSSR count). The molecule has 0 saturated heterocycles. The second kappa shape index (κ2) is 15.1. The van der Waals surface area contributed by atoms with Gasteiger partial charge in [-0.2, -0.15) is 0 Å². The zero-order valence-corrected chi connectivity index (χ0v) is 25.9. The lowest BCUT2D eigenvalue weighted by Gasteiger charge is -2.17. The van der Waals surface area contributed by atoms with Gasteiger partial charge < -0.3 is 16.0 Å². The van der Waals surface area contributed by atoms with Crippen LogP contribution in [-0.2, 0) is 9.59 Å². The fourth-order valence-corrected chi connectivity index (χ4v) is 5.52. The molecule has 0 aliphatic heterocycles. The molecular formula is C37H30ClN3O3S. The summed E-state index contributed by atoms with van der Waals surface area (Å²) in [6, 6.07) is 40.1. The van der Waals surface area contributed by atoms with Crippen molar-refractivity contribution in [2.24, 2.45) is 0 Å². The first-order chi connectivity index (χ1) is 21.8. The van der Waals surface area contributed by atoms with Gasteiger partial charge in [-0.3, -0.25) is 14.4 Å². The fourth-order valence-electron chi connectivity index (χ4n) is 4.36. The second-order valence-electron chi connectivity index (χ2n) is 10.2. The third-order valence-electron chi connectivity index (χ3n) is 6.74. The molecule has 6 nitrogen and oxygen atoms in total. The molecule has 3 amide bonds. The minimum Gasteiger partial charge on any atom is -0.325 e. The highest BCUT2D eigenvalue weighted by molar-refractivity contribution is 8.00. The first-order valence-electron chi connectivity index (χ1n) is 14.2. The first kappa shape index (κ1) is 31.3. The smallest absolute Gasteiger partial charge is 0.272 e. The van der Waals surface area contributed by atoms with E-state index in [0.29, 0.717) is 22.0 Å². The van der Waals surface area contributed by atoms with E-state index in [1.165, 1.54) is 11.8 Å². The highest BCUT2D eigenvalue weighted by Crippen LogP contribution is 2.37. The molecule has 1 unspecified atom stereocenters. The van der Waals surface area contributed by atoms with Gasteiger partial charge in [-0.1, -0.05) is 90.0 Å². The van der Waals surface area contributed by atoms with Crippen molar-refractivity contribution in [3.63, 3.8) is 0 Å². The number of halogens is 1. The number of anilines is 2. The summed E-state index contributed by atoms with van der Waals surface area (Å²) < 4.78 is 0. The summed E-state index contributed by atoms with van der Waals surface area (Å²) in [6.07, 6.45) is 1.64. The molecule has 0 aliphatic carbocycles. The molecule has 5 aromatic carbocycles. The largest absolute Gasteiger partial charge is 0.325 e. The Hall–Kier alpha value is -5.11. The predicted octanol–water partition coefficient (Wildman–Crippen LogP) is 8.53. The van der Waals surface area contributed by atoms with Crippen molar-refractivity contribution in [2.45, 2.75) is 17.1 Å². The molecule has 0 saturated carbocycles. The van der Waals surface area contributed by atoms with E-state index in [1.54, 1.807) is 66.7 Å². The van der Waals surface area contributed by atoms with Gasteiger partial charge in [-0.05, 0) is 84.8 Å². The number of aryl methyl sites for hydroxylation is 1. The topological polar surface area (TPSA) is 87.3 Å². The van der Waals surface area contributed by atoms with Crippen molar-refractivity contribution in [2.75, 3.05) is 10.6 Å². The summed E-state index contributed by atoms with van der Waals surface area (Å²) >= 11 is 7.40. The van der Waals surface area contributed by atoms with E-state index in [4.69, 9.17) is 11.6 Å². The van der Waals surface area contributed by atoms with Gasteiger partial charge in [-0.25, -0.2) is 0 Å². The van der Waals surface area contributed by atoms with Crippen molar-refractivity contribution in [1.29, 1.82) is 0 Å².